The molecule has 2 aliphatic rings. The number of benzene rings is 1. The van der Waals surface area contributed by atoms with Crippen LogP contribution in [0.2, 0.25) is 0 Å². The predicted octanol–water partition coefficient (Wildman–Crippen LogP) is 2.27. The molecule has 2 heterocycles. The summed E-state index contributed by atoms with van der Waals surface area (Å²) < 4.78 is 24.2. The molecule has 6 unspecified atom stereocenters. The number of aliphatic hydroxyl groups is 2. The van der Waals surface area contributed by atoms with E-state index < -0.39 is 24.5 Å². The summed E-state index contributed by atoms with van der Waals surface area (Å²) in [6.45, 7) is 5.51. The summed E-state index contributed by atoms with van der Waals surface area (Å²) in [5, 5.41) is 19.6. The number of hydrogen-bond acceptors (Lipinski definition) is 6. The molecule has 0 aromatic heterocycles. The summed E-state index contributed by atoms with van der Waals surface area (Å²) in [6, 6.07) is 9.48. The molecule has 0 aliphatic carbocycles. The van der Waals surface area contributed by atoms with Crippen molar-refractivity contribution in [2.75, 3.05) is 0 Å². The Morgan fingerprint density at radius 1 is 1.20 bits per heavy atom. The van der Waals surface area contributed by atoms with E-state index in [1.807, 2.05) is 44.2 Å². The molecule has 25 heavy (non-hydrogen) atoms. The summed E-state index contributed by atoms with van der Waals surface area (Å²) in [7, 11) is 0. The van der Waals surface area contributed by atoms with Gasteiger partial charge in [0.15, 0.2) is 6.29 Å². The van der Waals surface area contributed by atoms with Gasteiger partial charge in [0.05, 0.1) is 24.4 Å². The van der Waals surface area contributed by atoms with Gasteiger partial charge in [-0.15, -0.1) is 0 Å². The van der Waals surface area contributed by atoms with Crippen molar-refractivity contribution in [1.82, 2.24) is 0 Å². The summed E-state index contributed by atoms with van der Waals surface area (Å²) in [5.74, 6) is -1.36. The van der Waals surface area contributed by atoms with E-state index in [1.54, 1.807) is 6.92 Å². The fourth-order valence-corrected chi connectivity index (χ4v) is 3.22. The second kappa shape index (κ2) is 7.70. The molecule has 2 N–H and O–H groups in total. The maximum atomic E-state index is 10.1. The van der Waals surface area contributed by atoms with Crippen molar-refractivity contribution in [3.63, 3.8) is 0 Å². The normalized spacial score (nSPS) is 37.5. The van der Waals surface area contributed by atoms with Gasteiger partial charge >= 0.3 is 5.97 Å². The highest BCUT2D eigenvalue weighted by molar-refractivity contribution is 5.19. The third-order valence-electron chi connectivity index (χ3n) is 4.72. The zero-order valence-corrected chi connectivity index (χ0v) is 15.0. The van der Waals surface area contributed by atoms with E-state index in [4.69, 9.17) is 18.9 Å². The summed E-state index contributed by atoms with van der Waals surface area (Å²) >= 11 is 0. The van der Waals surface area contributed by atoms with Gasteiger partial charge in [0.25, 0.3) is 0 Å². The van der Waals surface area contributed by atoms with Crippen molar-refractivity contribution in [2.45, 2.75) is 82.8 Å². The van der Waals surface area contributed by atoms with Gasteiger partial charge in [-0.25, -0.2) is 0 Å². The van der Waals surface area contributed by atoms with Gasteiger partial charge in [-0.05, 0) is 33.6 Å². The van der Waals surface area contributed by atoms with E-state index in [0.717, 1.165) is 5.56 Å². The first kappa shape index (κ1) is 18.8. The SMILES string of the molecule is CC(O)CCC(C)O[C@@]1(c2ccccc2)OC2CC(O)C(C)OC2O1. The predicted molar refractivity (Wildman–Crippen MR) is 90.5 cm³/mol. The number of fused-ring (bicyclic) bond motifs is 1. The topological polar surface area (TPSA) is 77.4 Å². The lowest BCUT2D eigenvalue weighted by Gasteiger charge is -2.31. The molecule has 7 atom stereocenters. The second-order valence-corrected chi connectivity index (χ2v) is 7.06. The van der Waals surface area contributed by atoms with Crippen molar-refractivity contribution < 1.29 is 29.2 Å². The van der Waals surface area contributed by atoms with Gasteiger partial charge in [0.2, 0.25) is 0 Å². The van der Waals surface area contributed by atoms with Gasteiger partial charge in [-0.2, -0.15) is 0 Å². The maximum absolute atomic E-state index is 10.1. The van der Waals surface area contributed by atoms with Crippen LogP contribution < -0.4 is 0 Å². The molecule has 140 valence electrons. The van der Waals surface area contributed by atoms with Crippen molar-refractivity contribution in [3.05, 3.63) is 35.9 Å². The van der Waals surface area contributed by atoms with Gasteiger partial charge in [0, 0.05) is 12.0 Å². The van der Waals surface area contributed by atoms with Crippen LogP contribution in [0, 0.1) is 0 Å². The minimum atomic E-state index is -1.36. The molecule has 0 bridgehead atoms. The van der Waals surface area contributed by atoms with Crippen molar-refractivity contribution in [1.29, 1.82) is 0 Å². The molecule has 3 rings (SSSR count). The zero-order chi connectivity index (χ0) is 18.0. The summed E-state index contributed by atoms with van der Waals surface area (Å²) in [4.78, 5) is 0. The molecule has 6 heteroatoms. The van der Waals surface area contributed by atoms with E-state index in [2.05, 4.69) is 0 Å². The van der Waals surface area contributed by atoms with Crippen LogP contribution in [0.4, 0.5) is 0 Å². The molecule has 2 fully saturated rings. The van der Waals surface area contributed by atoms with Gasteiger partial charge < -0.3 is 24.4 Å². The van der Waals surface area contributed by atoms with E-state index >= 15 is 0 Å². The lowest BCUT2D eigenvalue weighted by molar-refractivity contribution is -0.379. The highest BCUT2D eigenvalue weighted by Crippen LogP contribution is 2.44. The van der Waals surface area contributed by atoms with Crippen LogP contribution in [0.1, 0.15) is 45.6 Å². The molecule has 0 radical (unpaired) electrons. The molecule has 2 saturated heterocycles. The molecule has 0 amide bonds. The Morgan fingerprint density at radius 2 is 1.92 bits per heavy atom. The lowest BCUT2D eigenvalue weighted by atomic mass is 10.0. The first-order chi connectivity index (χ1) is 11.9. The second-order valence-electron chi connectivity index (χ2n) is 7.06. The lowest BCUT2D eigenvalue weighted by Crippen LogP contribution is -2.44. The molecular weight excluding hydrogens is 324 g/mol. The fourth-order valence-electron chi connectivity index (χ4n) is 3.22. The van der Waals surface area contributed by atoms with Gasteiger partial charge in [-0.3, -0.25) is 4.74 Å². The first-order valence-corrected chi connectivity index (χ1v) is 9.00. The van der Waals surface area contributed by atoms with Gasteiger partial charge in [-0.1, -0.05) is 30.3 Å². The number of hydrogen-bond donors (Lipinski definition) is 2. The van der Waals surface area contributed by atoms with Crippen molar-refractivity contribution in [2.24, 2.45) is 0 Å². The average molecular weight is 352 g/mol. The van der Waals surface area contributed by atoms with Crippen LogP contribution in [0.15, 0.2) is 30.3 Å². The van der Waals surface area contributed by atoms with E-state index in [-0.39, 0.29) is 18.3 Å². The minimum absolute atomic E-state index is 0.183. The van der Waals surface area contributed by atoms with Gasteiger partial charge in [0.1, 0.15) is 6.10 Å². The van der Waals surface area contributed by atoms with Crippen molar-refractivity contribution in [3.8, 4) is 0 Å². The molecule has 2 aliphatic heterocycles. The van der Waals surface area contributed by atoms with Crippen LogP contribution in [0.25, 0.3) is 0 Å². The van der Waals surface area contributed by atoms with E-state index in [9.17, 15) is 10.2 Å². The Kier molecular flexibility index (Phi) is 5.78. The molecule has 0 spiro atoms. The number of rotatable bonds is 6. The Labute approximate surface area is 148 Å². The van der Waals surface area contributed by atoms with E-state index in [0.29, 0.717) is 19.3 Å². The smallest absolute Gasteiger partial charge is 0.315 e. The van der Waals surface area contributed by atoms with Crippen molar-refractivity contribution >= 4 is 0 Å². The Hall–Kier alpha value is -1.02. The van der Waals surface area contributed by atoms with E-state index in [1.165, 1.54) is 0 Å². The van der Waals surface area contributed by atoms with Crippen LogP contribution >= 0.6 is 0 Å². The Morgan fingerprint density at radius 3 is 2.60 bits per heavy atom. The Bertz CT molecular complexity index is 530. The average Bonchev–Trinajstić information content (AvgIpc) is 2.92. The Balaban J connectivity index is 1.80. The molecule has 6 nitrogen and oxygen atoms in total. The fraction of sp³-hybridized carbons (Fsp3) is 0.684. The summed E-state index contributed by atoms with van der Waals surface area (Å²) in [5.41, 5.74) is 0.749. The third-order valence-corrected chi connectivity index (χ3v) is 4.72. The quantitative estimate of drug-likeness (QED) is 0.818. The van der Waals surface area contributed by atoms with Crippen LogP contribution in [-0.2, 0) is 24.9 Å². The number of aliphatic hydroxyl groups excluding tert-OH is 2. The maximum Gasteiger partial charge on any atom is 0.315 e. The highest BCUT2D eigenvalue weighted by Gasteiger charge is 2.54. The van der Waals surface area contributed by atoms with Crippen LogP contribution in [-0.4, -0.2) is 47.0 Å². The molecule has 0 saturated carbocycles. The third kappa shape index (κ3) is 4.22. The molecule has 1 aromatic rings. The first-order valence-electron chi connectivity index (χ1n) is 9.00. The monoisotopic (exact) mass is 352 g/mol. The van der Waals surface area contributed by atoms with Crippen LogP contribution in [0.5, 0.6) is 0 Å². The highest BCUT2D eigenvalue weighted by atomic mass is 16.9. The largest absolute Gasteiger partial charge is 0.393 e. The summed E-state index contributed by atoms with van der Waals surface area (Å²) in [6.07, 6.45) is -0.708. The number of ether oxygens (including phenoxy) is 4. The minimum Gasteiger partial charge on any atom is -0.393 e. The molecule has 1 aromatic carbocycles. The van der Waals surface area contributed by atoms with Crippen LogP contribution in [0.3, 0.4) is 0 Å². The standard InChI is InChI=1S/C19H28O6/c1-12(20)9-10-13(2)23-19(15-7-5-4-6-8-15)24-17-11-16(21)14(3)22-18(17)25-19/h4-8,12-14,16-18,20-21H,9-11H2,1-3H3/t12?,13?,14?,16?,17?,18?,19-/m0/s1. The molecular formula is C19H28O6. The zero-order valence-electron chi connectivity index (χ0n) is 15.0.